The Morgan fingerprint density at radius 3 is 2.36 bits per heavy atom. The van der Waals surface area contributed by atoms with Gasteiger partial charge < -0.3 is 5.32 Å². The molecule has 0 aliphatic rings. The summed E-state index contributed by atoms with van der Waals surface area (Å²) in [5.41, 5.74) is 1.37. The molecule has 0 fully saturated rings. The molecule has 0 aliphatic carbocycles. The largest absolute Gasteiger partial charge is 0.350 e. The lowest BCUT2D eigenvalue weighted by atomic mass is 10.1. The summed E-state index contributed by atoms with van der Waals surface area (Å²) >= 11 is 0. The summed E-state index contributed by atoms with van der Waals surface area (Å²) in [5, 5.41) is 2.96. The zero-order chi connectivity index (χ0) is 20.6. The van der Waals surface area contributed by atoms with Gasteiger partial charge >= 0.3 is 0 Å². The highest BCUT2D eigenvalue weighted by Crippen LogP contribution is 2.18. The van der Waals surface area contributed by atoms with Gasteiger partial charge in [-0.05, 0) is 43.2 Å². The second kappa shape index (κ2) is 10.2. The molecule has 2 aromatic rings. The van der Waals surface area contributed by atoms with E-state index in [2.05, 4.69) is 18.8 Å². The van der Waals surface area contributed by atoms with Crippen molar-refractivity contribution in [2.24, 2.45) is 0 Å². The van der Waals surface area contributed by atoms with Crippen LogP contribution in [0.2, 0.25) is 0 Å². The number of sulfonamides is 1. The summed E-state index contributed by atoms with van der Waals surface area (Å²) in [7, 11) is -3.63. The fourth-order valence-electron chi connectivity index (χ4n) is 2.91. The minimum absolute atomic E-state index is 0.118. The molecule has 2 aromatic carbocycles. The van der Waals surface area contributed by atoms with E-state index in [1.165, 1.54) is 4.31 Å². The van der Waals surface area contributed by atoms with Crippen LogP contribution >= 0.6 is 0 Å². The van der Waals surface area contributed by atoms with Gasteiger partial charge in [0.25, 0.3) is 5.91 Å². The molecule has 1 atom stereocenters. The highest BCUT2D eigenvalue weighted by molar-refractivity contribution is 7.89. The van der Waals surface area contributed by atoms with E-state index in [4.69, 9.17) is 0 Å². The van der Waals surface area contributed by atoms with Crippen LogP contribution in [-0.2, 0) is 16.6 Å². The highest BCUT2D eigenvalue weighted by Gasteiger charge is 2.23. The van der Waals surface area contributed by atoms with Crippen LogP contribution in [0.4, 0.5) is 0 Å². The van der Waals surface area contributed by atoms with Crippen LogP contribution < -0.4 is 5.32 Å². The Morgan fingerprint density at radius 2 is 1.79 bits per heavy atom. The van der Waals surface area contributed by atoms with Crippen LogP contribution in [-0.4, -0.2) is 31.2 Å². The molecule has 6 heteroatoms. The number of nitrogens with zero attached hydrogens (tertiary/aromatic N) is 1. The lowest BCUT2D eigenvalue weighted by molar-refractivity contribution is 0.0938. The van der Waals surface area contributed by atoms with E-state index < -0.39 is 10.0 Å². The number of carbonyl (C=O) groups excluding carboxylic acids is 1. The van der Waals surface area contributed by atoms with E-state index in [1.54, 1.807) is 60.7 Å². The maximum Gasteiger partial charge on any atom is 0.251 e. The van der Waals surface area contributed by atoms with Gasteiger partial charge in [-0.15, -0.1) is 6.58 Å². The van der Waals surface area contributed by atoms with Crippen molar-refractivity contribution < 1.29 is 13.2 Å². The molecule has 0 aliphatic heterocycles. The molecule has 2 rings (SSSR count). The zero-order valence-corrected chi connectivity index (χ0v) is 17.3. The monoisotopic (exact) mass is 400 g/mol. The first-order chi connectivity index (χ1) is 13.4. The van der Waals surface area contributed by atoms with Crippen molar-refractivity contribution in [1.29, 1.82) is 0 Å². The smallest absolute Gasteiger partial charge is 0.251 e. The van der Waals surface area contributed by atoms with Crippen molar-refractivity contribution >= 4 is 15.9 Å². The predicted octanol–water partition coefficient (Wildman–Crippen LogP) is 3.98. The molecular formula is C22H28N2O3S. The Hall–Kier alpha value is -2.44. The van der Waals surface area contributed by atoms with E-state index in [0.29, 0.717) is 5.56 Å². The molecule has 0 heterocycles. The maximum absolute atomic E-state index is 12.9. The molecule has 0 spiro atoms. The van der Waals surface area contributed by atoms with Gasteiger partial charge in [-0.3, -0.25) is 4.79 Å². The summed E-state index contributed by atoms with van der Waals surface area (Å²) in [6.07, 6.45) is 3.50. The first-order valence-corrected chi connectivity index (χ1v) is 10.9. The lowest BCUT2D eigenvalue weighted by Gasteiger charge is -2.21. The summed E-state index contributed by atoms with van der Waals surface area (Å²) in [6.45, 7) is 8.14. The Bertz CT molecular complexity index is 878. The number of rotatable bonds is 10. The first-order valence-electron chi connectivity index (χ1n) is 9.44. The van der Waals surface area contributed by atoms with E-state index in [1.807, 2.05) is 6.92 Å². The van der Waals surface area contributed by atoms with E-state index in [0.717, 1.165) is 18.4 Å². The van der Waals surface area contributed by atoms with E-state index >= 15 is 0 Å². The van der Waals surface area contributed by atoms with Gasteiger partial charge in [0.1, 0.15) is 0 Å². The minimum Gasteiger partial charge on any atom is -0.350 e. The van der Waals surface area contributed by atoms with Crippen molar-refractivity contribution in [3.05, 3.63) is 78.4 Å². The Kier molecular flexibility index (Phi) is 7.96. The Labute approximate surface area is 168 Å². The normalized spacial score (nSPS) is 12.5. The van der Waals surface area contributed by atoms with Crippen molar-refractivity contribution in [2.45, 2.75) is 44.2 Å². The van der Waals surface area contributed by atoms with Crippen LogP contribution in [0.3, 0.4) is 0 Å². The number of hydrogen-bond acceptors (Lipinski definition) is 3. The van der Waals surface area contributed by atoms with Gasteiger partial charge in [0, 0.05) is 24.7 Å². The van der Waals surface area contributed by atoms with Crippen LogP contribution in [0.1, 0.15) is 42.6 Å². The van der Waals surface area contributed by atoms with E-state index in [9.17, 15) is 13.2 Å². The molecule has 0 saturated carbocycles. The molecule has 28 heavy (non-hydrogen) atoms. The molecule has 0 bridgehead atoms. The van der Waals surface area contributed by atoms with Crippen molar-refractivity contribution in [1.82, 2.24) is 9.62 Å². The molecule has 0 saturated heterocycles. The molecule has 1 N–H and O–H groups in total. The predicted molar refractivity (Wildman–Crippen MR) is 113 cm³/mol. The second-order valence-electron chi connectivity index (χ2n) is 6.76. The van der Waals surface area contributed by atoms with Crippen LogP contribution in [0.15, 0.2) is 72.1 Å². The van der Waals surface area contributed by atoms with Gasteiger partial charge in [0.15, 0.2) is 0 Å². The second-order valence-corrected chi connectivity index (χ2v) is 8.70. The number of hydrogen-bond donors (Lipinski definition) is 1. The SMILES string of the molecule is C=CCN(Cc1ccc(C(=O)N[C@H](C)CCC)cc1)S(=O)(=O)c1ccccc1. The number of carbonyl (C=O) groups is 1. The summed E-state index contributed by atoms with van der Waals surface area (Å²) in [6, 6.07) is 15.5. The van der Waals surface area contributed by atoms with E-state index in [-0.39, 0.29) is 29.9 Å². The summed E-state index contributed by atoms with van der Waals surface area (Å²) in [5.74, 6) is -0.118. The van der Waals surface area contributed by atoms with Crippen LogP contribution in [0.5, 0.6) is 0 Å². The van der Waals surface area contributed by atoms with Crippen molar-refractivity contribution in [3.8, 4) is 0 Å². The molecule has 150 valence electrons. The quantitative estimate of drug-likeness (QED) is 0.614. The highest BCUT2D eigenvalue weighted by atomic mass is 32.2. The fraction of sp³-hybridized carbons (Fsp3) is 0.318. The third-order valence-electron chi connectivity index (χ3n) is 4.39. The molecule has 0 aromatic heterocycles. The molecule has 5 nitrogen and oxygen atoms in total. The minimum atomic E-state index is -3.63. The average molecular weight is 401 g/mol. The van der Waals surface area contributed by atoms with Gasteiger partial charge in [-0.25, -0.2) is 8.42 Å². The first kappa shape index (κ1) is 21.9. The van der Waals surface area contributed by atoms with Crippen molar-refractivity contribution in [3.63, 3.8) is 0 Å². The third-order valence-corrected chi connectivity index (χ3v) is 6.21. The maximum atomic E-state index is 12.9. The Morgan fingerprint density at radius 1 is 1.14 bits per heavy atom. The van der Waals surface area contributed by atoms with Gasteiger partial charge in [-0.1, -0.05) is 49.8 Å². The van der Waals surface area contributed by atoms with Crippen LogP contribution in [0.25, 0.3) is 0 Å². The fourth-order valence-corrected chi connectivity index (χ4v) is 4.33. The molecule has 0 unspecified atom stereocenters. The number of amides is 1. The number of nitrogens with one attached hydrogen (secondary N) is 1. The topological polar surface area (TPSA) is 66.5 Å². The molecule has 1 amide bonds. The lowest BCUT2D eigenvalue weighted by Crippen LogP contribution is -2.32. The summed E-state index contributed by atoms with van der Waals surface area (Å²) < 4.78 is 27.2. The van der Waals surface area contributed by atoms with Gasteiger partial charge in [-0.2, -0.15) is 4.31 Å². The van der Waals surface area contributed by atoms with Gasteiger partial charge in [0.05, 0.1) is 4.90 Å². The van der Waals surface area contributed by atoms with Crippen LogP contribution in [0, 0.1) is 0 Å². The number of benzene rings is 2. The average Bonchev–Trinajstić information content (AvgIpc) is 2.69. The molecular weight excluding hydrogens is 372 g/mol. The third kappa shape index (κ3) is 5.78. The standard InChI is InChI=1S/C22H28N2O3S/c1-4-9-18(3)23-22(25)20-14-12-19(13-15-20)17-24(16-5-2)28(26,27)21-10-7-6-8-11-21/h5-8,10-15,18H,2,4,9,16-17H2,1,3H3,(H,23,25)/t18-/m1/s1. The Balaban J connectivity index is 2.14. The van der Waals surface area contributed by atoms with Gasteiger partial charge in [0.2, 0.25) is 10.0 Å². The summed E-state index contributed by atoms with van der Waals surface area (Å²) in [4.78, 5) is 12.5. The molecule has 0 radical (unpaired) electrons. The van der Waals surface area contributed by atoms with Crippen molar-refractivity contribution in [2.75, 3.05) is 6.54 Å². The zero-order valence-electron chi connectivity index (χ0n) is 16.5.